The van der Waals surface area contributed by atoms with E-state index < -0.39 is 0 Å². The average Bonchev–Trinajstić information content (AvgIpc) is 3.13. The van der Waals surface area contributed by atoms with Gasteiger partial charge in [0.1, 0.15) is 11.3 Å². The summed E-state index contributed by atoms with van der Waals surface area (Å²) >= 11 is 3.29. The van der Waals surface area contributed by atoms with Crippen molar-refractivity contribution >= 4 is 44.5 Å². The molecule has 0 spiro atoms. The molecule has 0 unspecified atom stereocenters. The minimum Gasteiger partial charge on any atom is -0.322 e. The number of nitrogens with zero attached hydrogens (tertiary/aromatic N) is 4. The number of fused-ring (bicyclic) bond motifs is 1. The predicted molar refractivity (Wildman–Crippen MR) is 100 cm³/mol. The summed E-state index contributed by atoms with van der Waals surface area (Å²) in [5.41, 5.74) is 4.07. The monoisotopic (exact) mass is 353 g/mol. The van der Waals surface area contributed by atoms with Gasteiger partial charge in [-0.05, 0) is 38.5 Å². The molecule has 4 aromatic heterocycles. The van der Waals surface area contributed by atoms with E-state index in [-0.39, 0.29) is 0 Å². The maximum absolute atomic E-state index is 4.68. The van der Waals surface area contributed by atoms with Gasteiger partial charge in [0.15, 0.2) is 5.82 Å². The zero-order valence-electron chi connectivity index (χ0n) is 13.5. The predicted octanol–water partition coefficient (Wildman–Crippen LogP) is 4.88. The van der Waals surface area contributed by atoms with Gasteiger partial charge in [0.25, 0.3) is 0 Å². The van der Waals surface area contributed by atoms with Gasteiger partial charge in [0, 0.05) is 29.0 Å². The van der Waals surface area contributed by atoms with Crippen LogP contribution in [0.1, 0.15) is 15.7 Å². The topological polar surface area (TPSA) is 63.6 Å². The standard InChI is InChI=1S/C17H15N5S2/c1-9-6-12(4-5-18-9)13-7-19-17(15-16(13)24-11(3)21-15)22-14-8-23-10(2)20-14/h4-8H,1-3H3,(H,19,22). The van der Waals surface area contributed by atoms with E-state index in [0.29, 0.717) is 0 Å². The molecule has 0 radical (unpaired) electrons. The van der Waals surface area contributed by atoms with E-state index >= 15 is 0 Å². The molecule has 1 N–H and O–H groups in total. The van der Waals surface area contributed by atoms with Gasteiger partial charge in [-0.1, -0.05) is 0 Å². The maximum Gasteiger partial charge on any atom is 0.159 e. The Hall–Kier alpha value is -2.38. The third-order valence-corrected chi connectivity index (χ3v) is 5.38. The lowest BCUT2D eigenvalue weighted by atomic mass is 10.1. The van der Waals surface area contributed by atoms with Crippen LogP contribution in [0.2, 0.25) is 0 Å². The summed E-state index contributed by atoms with van der Waals surface area (Å²) in [6, 6.07) is 4.08. The second kappa shape index (κ2) is 5.92. The van der Waals surface area contributed by atoms with Gasteiger partial charge in [-0.3, -0.25) is 4.98 Å². The van der Waals surface area contributed by atoms with E-state index in [0.717, 1.165) is 48.7 Å². The van der Waals surface area contributed by atoms with Crippen LogP contribution >= 0.6 is 22.7 Å². The van der Waals surface area contributed by atoms with Gasteiger partial charge >= 0.3 is 0 Å². The summed E-state index contributed by atoms with van der Waals surface area (Å²) in [6.07, 6.45) is 3.73. The van der Waals surface area contributed by atoms with Crippen LogP contribution in [0.3, 0.4) is 0 Å². The van der Waals surface area contributed by atoms with E-state index in [2.05, 4.69) is 31.3 Å². The van der Waals surface area contributed by atoms with Gasteiger partial charge in [-0.2, -0.15) is 0 Å². The number of hydrogen-bond donors (Lipinski definition) is 1. The fraction of sp³-hybridized carbons (Fsp3) is 0.176. The van der Waals surface area contributed by atoms with E-state index in [9.17, 15) is 0 Å². The van der Waals surface area contributed by atoms with Crippen molar-refractivity contribution in [3.05, 3.63) is 45.6 Å². The highest BCUT2D eigenvalue weighted by Crippen LogP contribution is 2.36. The first kappa shape index (κ1) is 15.2. The summed E-state index contributed by atoms with van der Waals surface area (Å²) < 4.78 is 1.13. The number of anilines is 2. The van der Waals surface area contributed by atoms with Crippen LogP contribution in [0.25, 0.3) is 21.3 Å². The summed E-state index contributed by atoms with van der Waals surface area (Å²) in [5, 5.41) is 7.32. The van der Waals surface area contributed by atoms with E-state index in [1.54, 1.807) is 22.7 Å². The fourth-order valence-electron chi connectivity index (χ4n) is 2.57. The Kier molecular flexibility index (Phi) is 3.74. The summed E-state index contributed by atoms with van der Waals surface area (Å²) in [4.78, 5) is 18.0. The molecule has 0 fully saturated rings. The highest BCUT2D eigenvalue weighted by atomic mass is 32.1. The molecule has 0 atom stereocenters. The quantitative estimate of drug-likeness (QED) is 0.569. The number of pyridine rings is 2. The van der Waals surface area contributed by atoms with Gasteiger partial charge in [-0.25, -0.2) is 15.0 Å². The Balaban J connectivity index is 1.85. The SMILES string of the molecule is Cc1cc(-c2cnc(Nc3csc(C)n3)c3nc(C)sc23)ccn1. The Bertz CT molecular complexity index is 1030. The molecule has 0 aliphatic carbocycles. The molecule has 0 bridgehead atoms. The number of rotatable bonds is 3. The molecule has 0 saturated heterocycles. The van der Waals surface area contributed by atoms with E-state index in [1.165, 1.54) is 0 Å². The number of thiazole rings is 2. The van der Waals surface area contributed by atoms with Crippen LogP contribution in [0, 0.1) is 20.8 Å². The van der Waals surface area contributed by atoms with Crippen LogP contribution in [0.4, 0.5) is 11.6 Å². The molecular weight excluding hydrogens is 338 g/mol. The van der Waals surface area contributed by atoms with Crippen LogP contribution in [0.5, 0.6) is 0 Å². The Labute approximate surface area is 147 Å². The minimum atomic E-state index is 0.745. The average molecular weight is 353 g/mol. The number of aromatic nitrogens is 4. The van der Waals surface area contributed by atoms with Gasteiger partial charge in [-0.15, -0.1) is 22.7 Å². The van der Waals surface area contributed by atoms with E-state index in [4.69, 9.17) is 0 Å². The molecule has 0 amide bonds. The van der Waals surface area contributed by atoms with Crippen molar-refractivity contribution in [2.75, 3.05) is 5.32 Å². The molecule has 4 rings (SSSR count). The Morgan fingerprint density at radius 2 is 1.92 bits per heavy atom. The van der Waals surface area contributed by atoms with Crippen molar-refractivity contribution in [3.8, 4) is 11.1 Å². The lowest BCUT2D eigenvalue weighted by Gasteiger charge is -2.07. The molecule has 4 aromatic rings. The Morgan fingerprint density at radius 3 is 2.67 bits per heavy atom. The smallest absolute Gasteiger partial charge is 0.159 e. The van der Waals surface area contributed by atoms with Crippen molar-refractivity contribution in [2.24, 2.45) is 0 Å². The molecule has 5 nitrogen and oxygen atoms in total. The van der Waals surface area contributed by atoms with Crippen LogP contribution < -0.4 is 5.32 Å². The summed E-state index contributed by atoms with van der Waals surface area (Å²) in [6.45, 7) is 6.00. The molecule has 4 heterocycles. The van der Waals surface area contributed by atoms with Crippen LogP contribution in [0.15, 0.2) is 29.9 Å². The van der Waals surface area contributed by atoms with Crippen molar-refractivity contribution in [3.63, 3.8) is 0 Å². The maximum atomic E-state index is 4.68. The van der Waals surface area contributed by atoms with Crippen LogP contribution in [-0.4, -0.2) is 19.9 Å². The number of aryl methyl sites for hydroxylation is 3. The highest BCUT2D eigenvalue weighted by Gasteiger charge is 2.15. The highest BCUT2D eigenvalue weighted by molar-refractivity contribution is 7.19. The number of hydrogen-bond acceptors (Lipinski definition) is 7. The zero-order chi connectivity index (χ0) is 16.7. The zero-order valence-corrected chi connectivity index (χ0v) is 15.1. The third-order valence-electron chi connectivity index (χ3n) is 3.60. The van der Waals surface area contributed by atoms with Crippen molar-refractivity contribution in [2.45, 2.75) is 20.8 Å². The largest absolute Gasteiger partial charge is 0.322 e. The summed E-state index contributed by atoms with van der Waals surface area (Å²) in [5.74, 6) is 1.55. The second-order valence-corrected chi connectivity index (χ2v) is 7.76. The first-order valence-corrected chi connectivity index (χ1v) is 9.18. The molecule has 0 aromatic carbocycles. The summed E-state index contributed by atoms with van der Waals surface area (Å²) in [7, 11) is 0. The lowest BCUT2D eigenvalue weighted by Crippen LogP contribution is -1.96. The first-order valence-electron chi connectivity index (χ1n) is 7.48. The first-order chi connectivity index (χ1) is 11.6. The normalized spacial score (nSPS) is 11.1. The molecule has 0 aliphatic rings. The van der Waals surface area contributed by atoms with E-state index in [1.807, 2.05) is 44.6 Å². The second-order valence-electron chi connectivity index (χ2n) is 5.49. The lowest BCUT2D eigenvalue weighted by molar-refractivity contribution is 1.20. The Morgan fingerprint density at radius 1 is 1.04 bits per heavy atom. The minimum absolute atomic E-state index is 0.745. The van der Waals surface area contributed by atoms with Crippen molar-refractivity contribution in [1.82, 2.24) is 19.9 Å². The molecular formula is C17H15N5S2. The van der Waals surface area contributed by atoms with Gasteiger partial charge in [0.05, 0.1) is 14.7 Å². The van der Waals surface area contributed by atoms with Gasteiger partial charge < -0.3 is 5.32 Å². The fourth-order valence-corrected chi connectivity index (χ4v) is 4.07. The molecule has 120 valence electrons. The van der Waals surface area contributed by atoms with Crippen molar-refractivity contribution < 1.29 is 0 Å². The number of nitrogens with one attached hydrogen (secondary N) is 1. The van der Waals surface area contributed by atoms with Gasteiger partial charge in [0.2, 0.25) is 0 Å². The molecule has 7 heteroatoms. The molecule has 24 heavy (non-hydrogen) atoms. The third kappa shape index (κ3) is 2.76. The van der Waals surface area contributed by atoms with Crippen molar-refractivity contribution in [1.29, 1.82) is 0 Å². The van der Waals surface area contributed by atoms with Crippen LogP contribution in [-0.2, 0) is 0 Å². The molecule has 0 saturated carbocycles. The molecule has 0 aliphatic heterocycles.